The van der Waals surface area contributed by atoms with Crippen molar-refractivity contribution in [3.05, 3.63) is 94.6 Å². The van der Waals surface area contributed by atoms with Crippen molar-refractivity contribution < 1.29 is 22.7 Å². The van der Waals surface area contributed by atoms with Crippen LogP contribution >= 0.6 is 11.6 Å². The number of nitrogens with zero attached hydrogens (tertiary/aromatic N) is 7. The van der Waals surface area contributed by atoms with E-state index < -0.39 is 45.9 Å². The number of rotatable bonds is 7. The average molecular weight is 508 g/mol. The molecule has 182 valence electrons. The van der Waals surface area contributed by atoms with Crippen LogP contribution in [0.2, 0.25) is 5.15 Å². The molecule has 35 heavy (non-hydrogen) atoms. The van der Waals surface area contributed by atoms with Gasteiger partial charge in [0.15, 0.2) is 16.8 Å². The van der Waals surface area contributed by atoms with Crippen LogP contribution in [-0.2, 0) is 12.1 Å². The fraction of sp³-hybridized carbons (Fsp3) is 0.273. The van der Waals surface area contributed by atoms with Crippen LogP contribution in [0.3, 0.4) is 0 Å². The first kappa shape index (κ1) is 24.6. The number of halogens is 5. The van der Waals surface area contributed by atoms with Gasteiger partial charge in [0.1, 0.15) is 42.5 Å². The third-order valence-electron chi connectivity index (χ3n) is 5.83. The standard InChI is InChI=1S/C22H18ClF4N7O/c1-11(19-17(27)21(23)32-9-30-19)18-16(26)20(31-8-29-18)12(2)22(35,6-34-10-28-7-33-34)14-4-3-13(24)5-15(14)25/h3-5,7-12,35H,6H2,1-2H3/t11?,12-,22+/m0/s1. The van der Waals surface area contributed by atoms with Gasteiger partial charge in [-0.25, -0.2) is 47.2 Å². The van der Waals surface area contributed by atoms with Gasteiger partial charge in [0.25, 0.3) is 0 Å². The molecule has 8 nitrogen and oxygen atoms in total. The van der Waals surface area contributed by atoms with Crippen LogP contribution in [-0.4, -0.2) is 39.8 Å². The van der Waals surface area contributed by atoms with Crippen molar-refractivity contribution in [2.75, 3.05) is 0 Å². The van der Waals surface area contributed by atoms with E-state index in [9.17, 15) is 18.3 Å². The highest BCUT2D eigenvalue weighted by molar-refractivity contribution is 6.29. The Hall–Kier alpha value is -3.51. The lowest BCUT2D eigenvalue weighted by atomic mass is 9.79. The molecule has 0 fully saturated rings. The van der Waals surface area contributed by atoms with Gasteiger partial charge in [0, 0.05) is 23.5 Å². The normalized spacial score (nSPS) is 15.0. The lowest BCUT2D eigenvalue weighted by Gasteiger charge is -2.34. The molecule has 0 radical (unpaired) electrons. The Balaban J connectivity index is 1.82. The van der Waals surface area contributed by atoms with Crippen LogP contribution in [0.15, 0.2) is 43.5 Å². The van der Waals surface area contributed by atoms with Gasteiger partial charge in [-0.15, -0.1) is 0 Å². The SMILES string of the molecule is CC(c1ncnc(Cl)c1F)c1ncnc([C@H](C)[C@](O)(Cn2cncn2)c2ccc(F)cc2F)c1F. The molecule has 0 amide bonds. The monoisotopic (exact) mass is 507 g/mol. The van der Waals surface area contributed by atoms with Crippen molar-refractivity contribution in [1.82, 2.24) is 34.7 Å². The predicted octanol–water partition coefficient (Wildman–Crippen LogP) is 3.91. The molecule has 0 saturated heterocycles. The van der Waals surface area contributed by atoms with E-state index in [2.05, 4.69) is 30.0 Å². The van der Waals surface area contributed by atoms with Crippen molar-refractivity contribution in [3.8, 4) is 0 Å². The van der Waals surface area contributed by atoms with Crippen LogP contribution < -0.4 is 0 Å². The molecule has 1 unspecified atom stereocenters. The van der Waals surface area contributed by atoms with E-state index in [0.29, 0.717) is 6.07 Å². The minimum absolute atomic E-state index is 0.191. The molecule has 3 atom stereocenters. The molecule has 4 rings (SSSR count). The minimum Gasteiger partial charge on any atom is -0.382 e. The van der Waals surface area contributed by atoms with Crippen molar-refractivity contribution in [2.45, 2.75) is 37.8 Å². The van der Waals surface area contributed by atoms with Gasteiger partial charge >= 0.3 is 0 Å². The van der Waals surface area contributed by atoms with Crippen molar-refractivity contribution in [1.29, 1.82) is 0 Å². The second-order valence-corrected chi connectivity index (χ2v) is 8.26. The molecule has 4 aromatic rings. The smallest absolute Gasteiger partial charge is 0.182 e. The quantitative estimate of drug-likeness (QED) is 0.299. The van der Waals surface area contributed by atoms with Crippen LogP contribution in [0.4, 0.5) is 17.6 Å². The highest BCUT2D eigenvalue weighted by Gasteiger charge is 2.42. The summed E-state index contributed by atoms with van der Waals surface area (Å²) in [5.41, 5.74) is -3.15. The Kier molecular flexibility index (Phi) is 6.77. The zero-order valence-electron chi connectivity index (χ0n) is 18.4. The molecule has 1 N–H and O–H groups in total. The third-order valence-corrected chi connectivity index (χ3v) is 6.09. The van der Waals surface area contributed by atoms with Gasteiger partial charge in [-0.3, -0.25) is 0 Å². The van der Waals surface area contributed by atoms with Gasteiger partial charge in [-0.2, -0.15) is 5.10 Å². The number of hydrogen-bond acceptors (Lipinski definition) is 7. The maximum atomic E-state index is 15.8. The third kappa shape index (κ3) is 4.58. The predicted molar refractivity (Wildman–Crippen MR) is 115 cm³/mol. The average Bonchev–Trinajstić information content (AvgIpc) is 3.33. The summed E-state index contributed by atoms with van der Waals surface area (Å²) < 4.78 is 59.9. The molecule has 1 aromatic carbocycles. The topological polar surface area (TPSA) is 102 Å². The Morgan fingerprint density at radius 3 is 2.26 bits per heavy atom. The Morgan fingerprint density at radius 1 is 0.943 bits per heavy atom. The van der Waals surface area contributed by atoms with Crippen molar-refractivity contribution >= 4 is 11.6 Å². The van der Waals surface area contributed by atoms with E-state index in [4.69, 9.17) is 11.6 Å². The molecular formula is C22H18ClF4N7O. The van der Waals surface area contributed by atoms with Gasteiger partial charge in [0.2, 0.25) is 0 Å². The van der Waals surface area contributed by atoms with E-state index in [0.717, 1.165) is 24.8 Å². The van der Waals surface area contributed by atoms with Crippen LogP contribution in [0.1, 0.15) is 48.3 Å². The molecule has 0 spiro atoms. The Morgan fingerprint density at radius 2 is 1.60 bits per heavy atom. The first-order valence-corrected chi connectivity index (χ1v) is 10.7. The molecule has 0 saturated carbocycles. The van der Waals surface area contributed by atoms with Crippen molar-refractivity contribution in [3.63, 3.8) is 0 Å². The van der Waals surface area contributed by atoms with Crippen LogP contribution in [0.25, 0.3) is 0 Å². The summed E-state index contributed by atoms with van der Waals surface area (Å²) in [5.74, 6) is -5.99. The van der Waals surface area contributed by atoms with Crippen LogP contribution in [0, 0.1) is 23.3 Å². The largest absolute Gasteiger partial charge is 0.382 e. The van der Waals surface area contributed by atoms with Crippen LogP contribution in [0.5, 0.6) is 0 Å². The Bertz CT molecular complexity index is 1360. The van der Waals surface area contributed by atoms with Gasteiger partial charge in [0.05, 0.1) is 23.6 Å². The van der Waals surface area contributed by atoms with Gasteiger partial charge in [-0.1, -0.05) is 31.5 Å². The highest BCUT2D eigenvalue weighted by atomic mass is 35.5. The molecule has 0 bridgehead atoms. The molecule has 3 aromatic heterocycles. The summed E-state index contributed by atoms with van der Waals surface area (Å²) >= 11 is 5.73. The fourth-order valence-electron chi connectivity index (χ4n) is 3.88. The lowest BCUT2D eigenvalue weighted by Crippen LogP contribution is -2.39. The second-order valence-electron chi connectivity index (χ2n) is 7.91. The molecule has 3 heterocycles. The molecule has 0 aliphatic heterocycles. The van der Waals surface area contributed by atoms with E-state index in [1.54, 1.807) is 0 Å². The summed E-state index contributed by atoms with van der Waals surface area (Å²) in [6, 6.07) is 2.65. The number of benzene rings is 1. The maximum Gasteiger partial charge on any atom is 0.182 e. The van der Waals surface area contributed by atoms with Crippen molar-refractivity contribution in [2.24, 2.45) is 0 Å². The van der Waals surface area contributed by atoms with E-state index in [1.807, 2.05) is 0 Å². The summed E-state index contributed by atoms with van der Waals surface area (Å²) in [7, 11) is 0. The van der Waals surface area contributed by atoms with Gasteiger partial charge in [-0.05, 0) is 6.07 Å². The van der Waals surface area contributed by atoms with Gasteiger partial charge < -0.3 is 5.11 Å². The van der Waals surface area contributed by atoms with E-state index in [-0.39, 0.29) is 29.2 Å². The first-order chi connectivity index (χ1) is 16.6. The maximum absolute atomic E-state index is 15.8. The fourth-order valence-corrected chi connectivity index (χ4v) is 4.02. The summed E-state index contributed by atoms with van der Waals surface area (Å²) in [6.07, 6.45) is 4.57. The number of aromatic nitrogens is 7. The highest BCUT2D eigenvalue weighted by Crippen LogP contribution is 2.41. The van der Waals surface area contributed by atoms with E-state index >= 15 is 4.39 Å². The summed E-state index contributed by atoms with van der Waals surface area (Å²) in [5, 5.41) is 15.2. The number of aliphatic hydroxyl groups is 1. The number of hydrogen-bond donors (Lipinski definition) is 1. The minimum atomic E-state index is -2.15. The lowest BCUT2D eigenvalue weighted by molar-refractivity contribution is -0.0134. The molecular weight excluding hydrogens is 490 g/mol. The summed E-state index contributed by atoms with van der Waals surface area (Å²) in [4.78, 5) is 19.1. The zero-order chi connectivity index (χ0) is 25.3. The first-order valence-electron chi connectivity index (χ1n) is 10.3. The zero-order valence-corrected chi connectivity index (χ0v) is 19.1. The molecule has 0 aliphatic rings. The van der Waals surface area contributed by atoms with E-state index in [1.165, 1.54) is 31.2 Å². The molecule has 13 heteroatoms. The Labute approximate surface area is 201 Å². The molecule has 0 aliphatic carbocycles. The summed E-state index contributed by atoms with van der Waals surface area (Å²) in [6.45, 7) is 2.52. The second kappa shape index (κ2) is 9.62.